The van der Waals surface area contributed by atoms with Gasteiger partial charge in [-0.15, -0.1) is 0 Å². The van der Waals surface area contributed by atoms with Gasteiger partial charge in [0.25, 0.3) is 0 Å². The topological polar surface area (TPSA) is 56.0 Å². The number of carbonyl (C=O) groups excluding carboxylic acids is 1. The molecule has 0 fully saturated rings. The minimum atomic E-state index is -0.474. The van der Waals surface area contributed by atoms with Crippen molar-refractivity contribution in [3.05, 3.63) is 70.9 Å². The first kappa shape index (κ1) is 15.7. The SMILES string of the molecule is O=Cc1ccc(-c2cc3c(-c4cccc(Br)c4)ncnc3cc2F)o1. The van der Waals surface area contributed by atoms with Crippen molar-refractivity contribution in [2.45, 2.75) is 0 Å². The molecular formula is C19H10BrFN2O2. The summed E-state index contributed by atoms with van der Waals surface area (Å²) in [6, 6.07) is 13.7. The molecule has 0 N–H and O–H groups in total. The molecule has 0 saturated carbocycles. The first-order valence-electron chi connectivity index (χ1n) is 7.41. The highest BCUT2D eigenvalue weighted by molar-refractivity contribution is 9.10. The molecule has 25 heavy (non-hydrogen) atoms. The van der Waals surface area contributed by atoms with Crippen molar-refractivity contribution in [2.75, 3.05) is 0 Å². The predicted molar refractivity (Wildman–Crippen MR) is 95.7 cm³/mol. The third-order valence-corrected chi connectivity index (χ3v) is 4.32. The summed E-state index contributed by atoms with van der Waals surface area (Å²) in [4.78, 5) is 19.3. The molecule has 0 aliphatic heterocycles. The fourth-order valence-corrected chi connectivity index (χ4v) is 3.09. The highest BCUT2D eigenvalue weighted by Gasteiger charge is 2.15. The number of hydrogen-bond acceptors (Lipinski definition) is 4. The molecule has 4 aromatic rings. The normalized spacial score (nSPS) is 11.0. The summed E-state index contributed by atoms with van der Waals surface area (Å²) in [5, 5.41) is 0.695. The fraction of sp³-hybridized carbons (Fsp3) is 0. The first-order valence-corrected chi connectivity index (χ1v) is 8.20. The molecule has 2 aromatic carbocycles. The molecule has 0 amide bonds. The predicted octanol–water partition coefficient (Wildman–Crippen LogP) is 5.27. The minimum absolute atomic E-state index is 0.144. The monoisotopic (exact) mass is 396 g/mol. The number of hydrogen-bond donors (Lipinski definition) is 0. The number of benzene rings is 2. The van der Waals surface area contributed by atoms with Crippen LogP contribution in [0.5, 0.6) is 0 Å². The summed E-state index contributed by atoms with van der Waals surface area (Å²) in [5.41, 5.74) is 2.32. The van der Waals surface area contributed by atoms with E-state index in [0.717, 1.165) is 10.0 Å². The van der Waals surface area contributed by atoms with Crippen LogP contribution < -0.4 is 0 Å². The van der Waals surface area contributed by atoms with Crippen molar-refractivity contribution in [3.8, 4) is 22.6 Å². The van der Waals surface area contributed by atoms with Gasteiger partial charge in [-0.25, -0.2) is 14.4 Å². The average molecular weight is 397 g/mol. The van der Waals surface area contributed by atoms with Crippen LogP contribution in [-0.2, 0) is 0 Å². The molecule has 0 aliphatic rings. The maximum atomic E-state index is 14.5. The minimum Gasteiger partial charge on any atom is -0.453 e. The second-order valence-electron chi connectivity index (χ2n) is 5.40. The highest BCUT2D eigenvalue weighted by atomic mass is 79.9. The van der Waals surface area contributed by atoms with Gasteiger partial charge in [0.2, 0.25) is 0 Å². The Hall–Kier alpha value is -2.86. The average Bonchev–Trinajstić information content (AvgIpc) is 3.09. The third-order valence-electron chi connectivity index (χ3n) is 3.83. The molecule has 2 aromatic heterocycles. The van der Waals surface area contributed by atoms with Gasteiger partial charge in [-0.2, -0.15) is 0 Å². The van der Waals surface area contributed by atoms with Gasteiger partial charge in [0.05, 0.1) is 16.8 Å². The van der Waals surface area contributed by atoms with Crippen LogP contribution in [0, 0.1) is 5.82 Å². The standard InChI is InChI=1S/C19H10BrFN2O2/c20-12-3-1-2-11(6-12)19-15-7-14(18-5-4-13(9-24)25-18)16(21)8-17(15)22-10-23-19/h1-10H. The molecule has 6 heteroatoms. The van der Waals surface area contributed by atoms with Gasteiger partial charge in [-0.05, 0) is 30.3 Å². The number of rotatable bonds is 3. The second kappa shape index (κ2) is 6.22. The smallest absolute Gasteiger partial charge is 0.185 e. The molecule has 0 aliphatic carbocycles. The lowest BCUT2D eigenvalue weighted by Crippen LogP contribution is -1.92. The van der Waals surface area contributed by atoms with E-state index in [2.05, 4.69) is 25.9 Å². The van der Waals surface area contributed by atoms with Crippen molar-refractivity contribution >= 4 is 33.1 Å². The van der Waals surface area contributed by atoms with Crippen molar-refractivity contribution < 1.29 is 13.6 Å². The van der Waals surface area contributed by atoms with E-state index in [1.807, 2.05) is 24.3 Å². The van der Waals surface area contributed by atoms with Gasteiger partial charge in [-0.3, -0.25) is 4.79 Å². The molecule has 2 heterocycles. The van der Waals surface area contributed by atoms with Crippen LogP contribution in [0.2, 0.25) is 0 Å². The quantitative estimate of drug-likeness (QED) is 0.442. The largest absolute Gasteiger partial charge is 0.453 e. The Balaban J connectivity index is 1.97. The Morgan fingerprint density at radius 3 is 2.72 bits per heavy atom. The van der Waals surface area contributed by atoms with E-state index in [1.165, 1.54) is 18.5 Å². The van der Waals surface area contributed by atoms with Gasteiger partial charge in [0.15, 0.2) is 12.0 Å². The zero-order valence-corrected chi connectivity index (χ0v) is 14.3. The lowest BCUT2D eigenvalue weighted by molar-refractivity contribution is 0.110. The fourth-order valence-electron chi connectivity index (χ4n) is 2.69. The van der Waals surface area contributed by atoms with Crippen LogP contribution in [-0.4, -0.2) is 16.3 Å². The number of aldehydes is 1. The second-order valence-corrected chi connectivity index (χ2v) is 6.32. The molecule has 4 rings (SSSR count). The summed E-state index contributed by atoms with van der Waals surface area (Å²) in [7, 11) is 0. The highest BCUT2D eigenvalue weighted by Crippen LogP contribution is 2.33. The van der Waals surface area contributed by atoms with E-state index in [1.54, 1.807) is 12.1 Å². The summed E-state index contributed by atoms with van der Waals surface area (Å²) in [6.45, 7) is 0. The van der Waals surface area contributed by atoms with Gasteiger partial charge in [0, 0.05) is 21.5 Å². The van der Waals surface area contributed by atoms with Crippen LogP contribution in [0.4, 0.5) is 4.39 Å². The molecule has 0 atom stereocenters. The Morgan fingerprint density at radius 1 is 1.08 bits per heavy atom. The number of fused-ring (bicyclic) bond motifs is 1. The van der Waals surface area contributed by atoms with Crippen LogP contribution in [0.1, 0.15) is 10.6 Å². The van der Waals surface area contributed by atoms with Gasteiger partial charge in [-0.1, -0.05) is 28.1 Å². The van der Waals surface area contributed by atoms with Crippen molar-refractivity contribution in [2.24, 2.45) is 0 Å². The molecule has 0 radical (unpaired) electrons. The Labute approximate surface area is 150 Å². The van der Waals surface area contributed by atoms with Gasteiger partial charge >= 0.3 is 0 Å². The Bertz CT molecular complexity index is 1110. The van der Waals surface area contributed by atoms with E-state index in [9.17, 15) is 9.18 Å². The molecular weight excluding hydrogens is 387 g/mol. The number of halogens is 2. The van der Waals surface area contributed by atoms with Crippen LogP contribution in [0.15, 0.2) is 63.7 Å². The zero-order chi connectivity index (χ0) is 17.4. The van der Waals surface area contributed by atoms with Gasteiger partial charge < -0.3 is 4.42 Å². The van der Waals surface area contributed by atoms with Crippen LogP contribution in [0.25, 0.3) is 33.5 Å². The Kier molecular flexibility index (Phi) is 3.89. The van der Waals surface area contributed by atoms with Crippen molar-refractivity contribution in [1.29, 1.82) is 0 Å². The molecule has 122 valence electrons. The third kappa shape index (κ3) is 2.85. The van der Waals surface area contributed by atoms with E-state index in [4.69, 9.17) is 4.42 Å². The molecule has 0 saturated heterocycles. The summed E-state index contributed by atoms with van der Waals surface area (Å²) in [6.07, 6.45) is 1.99. The molecule has 0 unspecified atom stereocenters. The number of carbonyl (C=O) groups is 1. The van der Waals surface area contributed by atoms with Crippen molar-refractivity contribution in [3.63, 3.8) is 0 Å². The number of aromatic nitrogens is 2. The van der Waals surface area contributed by atoms with E-state index in [0.29, 0.717) is 22.9 Å². The summed E-state index contributed by atoms with van der Waals surface area (Å²) < 4.78 is 20.8. The van der Waals surface area contributed by atoms with Crippen molar-refractivity contribution in [1.82, 2.24) is 9.97 Å². The van der Waals surface area contributed by atoms with Crippen LogP contribution in [0.3, 0.4) is 0 Å². The van der Waals surface area contributed by atoms with E-state index in [-0.39, 0.29) is 17.1 Å². The zero-order valence-electron chi connectivity index (χ0n) is 12.7. The van der Waals surface area contributed by atoms with Crippen LogP contribution >= 0.6 is 15.9 Å². The first-order chi connectivity index (χ1) is 12.2. The maximum absolute atomic E-state index is 14.5. The summed E-state index contributed by atoms with van der Waals surface area (Å²) >= 11 is 3.45. The summed E-state index contributed by atoms with van der Waals surface area (Å²) in [5.74, 6) is -0.0465. The van der Waals surface area contributed by atoms with E-state index >= 15 is 0 Å². The lowest BCUT2D eigenvalue weighted by Gasteiger charge is -2.08. The number of furan rings is 1. The lowest BCUT2D eigenvalue weighted by atomic mass is 10.0. The number of nitrogens with zero attached hydrogens (tertiary/aromatic N) is 2. The molecule has 0 bridgehead atoms. The molecule has 4 nitrogen and oxygen atoms in total. The Morgan fingerprint density at radius 2 is 1.96 bits per heavy atom. The van der Waals surface area contributed by atoms with E-state index < -0.39 is 5.82 Å². The maximum Gasteiger partial charge on any atom is 0.185 e. The van der Waals surface area contributed by atoms with Gasteiger partial charge in [0.1, 0.15) is 17.9 Å². The molecule has 0 spiro atoms.